The molecule has 59 heavy (non-hydrogen) atoms. The molecule has 0 saturated heterocycles. The van der Waals surface area contributed by atoms with Crippen molar-refractivity contribution in [2.45, 2.75) is 0 Å². The van der Waals surface area contributed by atoms with Gasteiger partial charge in [-0.25, -0.2) is 4.98 Å². The molecule has 0 saturated carbocycles. The van der Waals surface area contributed by atoms with E-state index in [1.807, 2.05) is 18.2 Å². The SMILES string of the molecule is c1ccc(-c2nc(-c3ccc(-c4cc5ccc6cccc7c8cccc9ccc%10cccc(c(c4)c5c67)c%10c98)cc3)nc(-n3c4ccccc4c4ccccc43)n2)cc1. The predicted octanol–water partition coefficient (Wildman–Crippen LogP) is 14.3. The molecule has 13 rings (SSSR count). The Kier molecular flexibility index (Phi) is 6.69. The van der Waals surface area contributed by atoms with Gasteiger partial charge in [-0.05, 0) is 100 Å². The van der Waals surface area contributed by atoms with Crippen LogP contribution in [-0.4, -0.2) is 19.5 Å². The second-order valence-electron chi connectivity index (χ2n) is 15.6. The van der Waals surface area contributed by atoms with Crippen molar-refractivity contribution in [3.05, 3.63) is 194 Å². The molecule has 0 aliphatic carbocycles. The standard InChI is InChI=1S/C55H32N4/c1-2-11-37(12-3-1)53-56-54(58-55(57-53)59-47-21-6-4-16-41(47)42-17-5-7-22-48(42)59)38-28-23-33(24-29-38)40-31-39-30-27-36-14-9-19-44-43-18-8-13-34-25-26-35-15-10-20-45(51(35)49(34)43)46(32-40)52(39)50(36)44/h1-32H. The first-order valence-corrected chi connectivity index (χ1v) is 20.1. The van der Waals surface area contributed by atoms with Gasteiger partial charge in [0.1, 0.15) is 0 Å². The van der Waals surface area contributed by atoms with Crippen molar-refractivity contribution in [3.63, 3.8) is 0 Å². The molecule has 0 spiro atoms. The molecule has 0 amide bonds. The van der Waals surface area contributed by atoms with Crippen molar-refractivity contribution in [1.82, 2.24) is 19.5 Å². The monoisotopic (exact) mass is 748 g/mol. The fourth-order valence-corrected chi connectivity index (χ4v) is 9.71. The fourth-order valence-electron chi connectivity index (χ4n) is 9.71. The molecular weight excluding hydrogens is 717 g/mol. The predicted molar refractivity (Wildman–Crippen MR) is 247 cm³/mol. The number of rotatable bonds is 4. The van der Waals surface area contributed by atoms with E-state index in [4.69, 9.17) is 15.0 Å². The van der Waals surface area contributed by atoms with Crippen molar-refractivity contribution in [2.24, 2.45) is 0 Å². The zero-order valence-corrected chi connectivity index (χ0v) is 31.8. The lowest BCUT2D eigenvalue weighted by Crippen LogP contribution is -2.06. The van der Waals surface area contributed by atoms with Crippen LogP contribution < -0.4 is 0 Å². The third-order valence-electron chi connectivity index (χ3n) is 12.3. The first kappa shape index (κ1) is 32.2. The highest BCUT2D eigenvalue weighted by Gasteiger charge is 2.19. The Balaban J connectivity index is 1.03. The molecule has 4 nitrogen and oxygen atoms in total. The van der Waals surface area contributed by atoms with Gasteiger partial charge in [0, 0.05) is 21.9 Å². The average Bonchev–Trinajstić information content (AvgIpc) is 3.64. The zero-order valence-electron chi connectivity index (χ0n) is 31.8. The van der Waals surface area contributed by atoms with Crippen LogP contribution in [0.15, 0.2) is 194 Å². The van der Waals surface area contributed by atoms with Gasteiger partial charge in [0.2, 0.25) is 5.95 Å². The van der Waals surface area contributed by atoms with E-state index in [1.54, 1.807) is 0 Å². The Morgan fingerprint density at radius 3 is 1.29 bits per heavy atom. The summed E-state index contributed by atoms with van der Waals surface area (Å²) in [6.45, 7) is 0. The van der Waals surface area contributed by atoms with Crippen molar-refractivity contribution in [3.8, 4) is 39.9 Å². The first-order valence-electron chi connectivity index (χ1n) is 20.1. The van der Waals surface area contributed by atoms with E-state index in [1.165, 1.54) is 70.2 Å². The van der Waals surface area contributed by atoms with Crippen LogP contribution in [0.1, 0.15) is 0 Å². The van der Waals surface area contributed by atoms with Crippen molar-refractivity contribution >= 4 is 86.4 Å². The van der Waals surface area contributed by atoms with Crippen LogP contribution in [0, 0.1) is 0 Å². The van der Waals surface area contributed by atoms with Crippen LogP contribution >= 0.6 is 0 Å². The van der Waals surface area contributed by atoms with Crippen LogP contribution in [0.5, 0.6) is 0 Å². The maximum atomic E-state index is 5.20. The fraction of sp³-hybridized carbons (Fsp3) is 0. The minimum absolute atomic E-state index is 0.591. The smallest absolute Gasteiger partial charge is 0.238 e. The normalized spacial score (nSPS) is 12.1. The molecule has 0 atom stereocenters. The second kappa shape index (κ2) is 12.3. The Morgan fingerprint density at radius 2 is 0.712 bits per heavy atom. The highest BCUT2D eigenvalue weighted by Crippen LogP contribution is 2.44. The van der Waals surface area contributed by atoms with Gasteiger partial charge in [0.05, 0.1) is 11.0 Å². The number of nitrogens with zero attached hydrogens (tertiary/aromatic N) is 4. The highest BCUT2D eigenvalue weighted by atomic mass is 15.2. The number of hydrogen-bond acceptors (Lipinski definition) is 3. The number of hydrogen-bond donors (Lipinski definition) is 0. The van der Waals surface area contributed by atoms with E-state index in [-0.39, 0.29) is 0 Å². The molecular formula is C55H32N4. The van der Waals surface area contributed by atoms with E-state index >= 15 is 0 Å². The molecule has 0 radical (unpaired) electrons. The summed E-state index contributed by atoms with van der Waals surface area (Å²) in [7, 11) is 0. The van der Waals surface area contributed by atoms with Crippen LogP contribution in [0.2, 0.25) is 0 Å². The van der Waals surface area contributed by atoms with Gasteiger partial charge in [-0.15, -0.1) is 0 Å². The molecule has 4 heteroatoms. The summed E-state index contributed by atoms with van der Waals surface area (Å²) in [5.74, 6) is 1.85. The largest absolute Gasteiger partial charge is 0.278 e. The van der Waals surface area contributed by atoms with E-state index in [0.29, 0.717) is 17.6 Å². The Labute approximate surface area is 338 Å². The lowest BCUT2D eigenvalue weighted by atomic mass is 9.86. The van der Waals surface area contributed by atoms with Crippen molar-refractivity contribution in [1.29, 1.82) is 0 Å². The molecule has 0 fully saturated rings. The number of aromatic nitrogens is 4. The number of fused-ring (bicyclic) bond motifs is 5. The zero-order chi connectivity index (χ0) is 38.6. The molecule has 13 aromatic rings. The summed E-state index contributed by atoms with van der Waals surface area (Å²) in [5.41, 5.74) is 6.28. The quantitative estimate of drug-likeness (QED) is 0.168. The Morgan fingerprint density at radius 1 is 0.271 bits per heavy atom. The second-order valence-corrected chi connectivity index (χ2v) is 15.6. The summed E-state index contributed by atoms with van der Waals surface area (Å²) in [4.78, 5) is 15.4. The third-order valence-corrected chi connectivity index (χ3v) is 12.3. The van der Waals surface area contributed by atoms with Crippen molar-refractivity contribution in [2.75, 3.05) is 0 Å². The lowest BCUT2D eigenvalue weighted by Gasteiger charge is -2.17. The average molecular weight is 749 g/mol. The van der Waals surface area contributed by atoms with Gasteiger partial charge in [-0.1, -0.05) is 170 Å². The molecule has 0 bridgehead atoms. The lowest BCUT2D eigenvalue weighted by molar-refractivity contribution is 0.953. The van der Waals surface area contributed by atoms with Crippen LogP contribution in [-0.2, 0) is 0 Å². The Bertz CT molecular complexity index is 3770. The van der Waals surface area contributed by atoms with Gasteiger partial charge in [-0.2, -0.15) is 9.97 Å². The maximum Gasteiger partial charge on any atom is 0.238 e. The third kappa shape index (κ3) is 4.75. The minimum Gasteiger partial charge on any atom is -0.278 e. The topological polar surface area (TPSA) is 43.6 Å². The van der Waals surface area contributed by atoms with Crippen LogP contribution in [0.4, 0.5) is 0 Å². The summed E-state index contributed by atoms with van der Waals surface area (Å²) in [5, 5.41) is 17.7. The molecule has 11 aromatic carbocycles. The Hall–Kier alpha value is -7.95. The van der Waals surface area contributed by atoms with Gasteiger partial charge in [0.15, 0.2) is 11.6 Å². The van der Waals surface area contributed by atoms with Gasteiger partial charge in [-0.3, -0.25) is 4.57 Å². The molecule has 272 valence electrons. The molecule has 0 N–H and O–H groups in total. The van der Waals surface area contributed by atoms with Gasteiger partial charge in [0.25, 0.3) is 0 Å². The molecule has 2 aromatic heterocycles. The number of para-hydroxylation sites is 2. The molecule has 2 heterocycles. The van der Waals surface area contributed by atoms with E-state index in [0.717, 1.165) is 38.5 Å². The highest BCUT2D eigenvalue weighted by molar-refractivity contribution is 6.37. The van der Waals surface area contributed by atoms with E-state index < -0.39 is 0 Å². The van der Waals surface area contributed by atoms with Gasteiger partial charge >= 0.3 is 0 Å². The van der Waals surface area contributed by atoms with E-state index in [2.05, 4.69) is 180 Å². The van der Waals surface area contributed by atoms with Gasteiger partial charge < -0.3 is 0 Å². The van der Waals surface area contributed by atoms with E-state index in [9.17, 15) is 0 Å². The molecule has 0 aliphatic rings. The summed E-state index contributed by atoms with van der Waals surface area (Å²) in [6.07, 6.45) is 0. The van der Waals surface area contributed by atoms with Crippen LogP contribution in [0.3, 0.4) is 0 Å². The first-order chi connectivity index (χ1) is 29.2. The molecule has 0 aliphatic heterocycles. The van der Waals surface area contributed by atoms with Crippen LogP contribution in [0.25, 0.3) is 126 Å². The minimum atomic E-state index is 0.591. The summed E-state index contributed by atoms with van der Waals surface area (Å²) >= 11 is 0. The molecule has 0 unspecified atom stereocenters. The maximum absolute atomic E-state index is 5.20. The summed E-state index contributed by atoms with van der Waals surface area (Å²) in [6, 6.07) is 70.0. The summed E-state index contributed by atoms with van der Waals surface area (Å²) < 4.78 is 2.16. The van der Waals surface area contributed by atoms with Crippen molar-refractivity contribution < 1.29 is 0 Å². The number of benzene rings is 10.